The number of halogens is 1. The minimum atomic E-state index is -0.908. The topological polar surface area (TPSA) is 56.3 Å². The molecule has 24 heavy (non-hydrogen) atoms. The van der Waals surface area contributed by atoms with Gasteiger partial charge in [0.1, 0.15) is 5.15 Å². The molecule has 0 spiro atoms. The zero-order valence-corrected chi connectivity index (χ0v) is 15.2. The first-order chi connectivity index (χ1) is 11.2. The third kappa shape index (κ3) is 3.82. The highest BCUT2D eigenvalue weighted by Gasteiger charge is 2.24. The summed E-state index contributed by atoms with van der Waals surface area (Å²) < 4.78 is 5.34. The summed E-state index contributed by atoms with van der Waals surface area (Å²) >= 11 is 6.06. The van der Waals surface area contributed by atoms with Crippen LogP contribution in [0.2, 0.25) is 5.15 Å². The molecule has 2 aromatic rings. The molecule has 0 bridgehead atoms. The minimum absolute atomic E-state index is 0.0869. The fraction of sp³-hybridized carbons (Fsp3) is 0.316. The molecule has 0 fully saturated rings. The van der Waals surface area contributed by atoms with E-state index in [-0.39, 0.29) is 16.5 Å². The molecule has 1 aromatic carbocycles. The van der Waals surface area contributed by atoms with E-state index in [2.05, 4.69) is 4.98 Å². The molecule has 2 rings (SSSR count). The third-order valence-corrected chi connectivity index (χ3v) is 4.09. The number of aryl methyl sites for hydroxylation is 4. The number of ketones is 1. The lowest BCUT2D eigenvalue weighted by molar-refractivity contribution is 0.0317. The smallest absolute Gasteiger partial charge is 0.342 e. The average Bonchev–Trinajstić information content (AvgIpc) is 2.47. The van der Waals surface area contributed by atoms with Crippen molar-refractivity contribution in [1.82, 2.24) is 4.98 Å². The van der Waals surface area contributed by atoms with Gasteiger partial charge in [0.25, 0.3) is 0 Å². The summed E-state index contributed by atoms with van der Waals surface area (Å²) in [7, 11) is 0. The predicted octanol–water partition coefficient (Wildman–Crippen LogP) is 4.40. The van der Waals surface area contributed by atoms with E-state index in [9.17, 15) is 9.59 Å². The van der Waals surface area contributed by atoms with E-state index in [1.807, 2.05) is 26.0 Å². The van der Waals surface area contributed by atoms with Gasteiger partial charge in [-0.05, 0) is 57.9 Å². The van der Waals surface area contributed by atoms with Crippen molar-refractivity contribution in [1.29, 1.82) is 0 Å². The van der Waals surface area contributed by atoms with Crippen LogP contribution in [0.1, 0.15) is 50.0 Å². The monoisotopic (exact) mass is 345 g/mol. The Morgan fingerprint density at radius 2 is 1.75 bits per heavy atom. The highest BCUT2D eigenvalue weighted by Crippen LogP contribution is 2.21. The molecule has 0 aliphatic carbocycles. The zero-order valence-electron chi connectivity index (χ0n) is 14.4. The number of rotatable bonds is 4. The number of carbonyl (C=O) groups excluding carboxylic acids is 2. The number of hydrogen-bond acceptors (Lipinski definition) is 4. The Morgan fingerprint density at radius 3 is 2.38 bits per heavy atom. The lowest BCUT2D eigenvalue weighted by Crippen LogP contribution is -2.25. The molecular formula is C19H20ClNO3. The highest BCUT2D eigenvalue weighted by atomic mass is 35.5. The van der Waals surface area contributed by atoms with Gasteiger partial charge in [0.15, 0.2) is 6.10 Å². The Balaban J connectivity index is 2.23. The van der Waals surface area contributed by atoms with Crippen LogP contribution in [-0.4, -0.2) is 22.8 Å². The molecule has 0 N–H and O–H groups in total. The molecule has 126 valence electrons. The van der Waals surface area contributed by atoms with Gasteiger partial charge >= 0.3 is 5.97 Å². The summed E-state index contributed by atoms with van der Waals surface area (Å²) in [5.74, 6) is -0.880. The van der Waals surface area contributed by atoms with Crippen molar-refractivity contribution in [2.45, 2.75) is 40.7 Å². The maximum absolute atomic E-state index is 12.6. The molecule has 4 nitrogen and oxygen atoms in total. The Labute approximate surface area is 146 Å². The number of aromatic nitrogens is 1. The lowest BCUT2D eigenvalue weighted by Gasteiger charge is -2.15. The van der Waals surface area contributed by atoms with Gasteiger partial charge in [-0.1, -0.05) is 29.3 Å². The van der Waals surface area contributed by atoms with Crippen molar-refractivity contribution in [3.8, 4) is 0 Å². The molecule has 5 heteroatoms. The number of benzene rings is 1. The van der Waals surface area contributed by atoms with Gasteiger partial charge in [-0.2, -0.15) is 0 Å². The summed E-state index contributed by atoms with van der Waals surface area (Å²) in [6.45, 7) is 8.88. The second kappa shape index (κ2) is 7.14. The lowest BCUT2D eigenvalue weighted by atomic mass is 9.99. The van der Waals surface area contributed by atoms with Crippen LogP contribution in [0.15, 0.2) is 24.3 Å². The Morgan fingerprint density at radius 1 is 1.08 bits per heavy atom. The van der Waals surface area contributed by atoms with Crippen molar-refractivity contribution in [2.24, 2.45) is 0 Å². The molecule has 0 saturated carbocycles. The van der Waals surface area contributed by atoms with Crippen LogP contribution in [0.5, 0.6) is 0 Å². The van der Waals surface area contributed by atoms with E-state index < -0.39 is 12.1 Å². The Hall–Kier alpha value is -2.20. The fourth-order valence-electron chi connectivity index (χ4n) is 2.53. The van der Waals surface area contributed by atoms with Crippen molar-refractivity contribution in [2.75, 3.05) is 0 Å². The molecule has 1 atom stereocenters. The number of hydrogen-bond donors (Lipinski definition) is 0. The van der Waals surface area contributed by atoms with E-state index in [0.29, 0.717) is 16.8 Å². The first kappa shape index (κ1) is 18.1. The molecule has 1 heterocycles. The first-order valence-electron chi connectivity index (χ1n) is 7.67. The van der Waals surface area contributed by atoms with Gasteiger partial charge in [-0.15, -0.1) is 0 Å². The van der Waals surface area contributed by atoms with Crippen molar-refractivity contribution in [3.63, 3.8) is 0 Å². The highest BCUT2D eigenvalue weighted by molar-refractivity contribution is 6.32. The average molecular weight is 346 g/mol. The molecule has 1 aromatic heterocycles. The minimum Gasteiger partial charge on any atom is -0.451 e. The summed E-state index contributed by atoms with van der Waals surface area (Å²) in [6, 6.07) is 7.36. The molecule has 0 unspecified atom stereocenters. The number of Topliss-reactive ketones (excluding diaryl/α,β-unsaturated/α-hetero) is 1. The van der Waals surface area contributed by atoms with E-state index in [1.165, 1.54) is 0 Å². The van der Waals surface area contributed by atoms with Gasteiger partial charge in [-0.25, -0.2) is 9.78 Å². The number of pyridine rings is 1. The van der Waals surface area contributed by atoms with Gasteiger partial charge < -0.3 is 4.74 Å². The molecule has 0 aliphatic heterocycles. The number of ether oxygens (including phenoxy) is 1. The Bertz CT molecular complexity index is 791. The third-order valence-electron chi connectivity index (χ3n) is 3.82. The van der Waals surface area contributed by atoms with Crippen LogP contribution < -0.4 is 0 Å². The van der Waals surface area contributed by atoms with Crippen LogP contribution >= 0.6 is 11.6 Å². The number of nitrogens with zero attached hydrogens (tertiary/aromatic N) is 1. The molecule has 0 aliphatic rings. The molecular weight excluding hydrogens is 326 g/mol. The van der Waals surface area contributed by atoms with E-state index in [4.69, 9.17) is 16.3 Å². The van der Waals surface area contributed by atoms with Gasteiger partial charge in [0, 0.05) is 11.3 Å². The zero-order chi connectivity index (χ0) is 18.0. The summed E-state index contributed by atoms with van der Waals surface area (Å²) in [4.78, 5) is 29.1. The van der Waals surface area contributed by atoms with Crippen molar-refractivity contribution < 1.29 is 14.3 Å². The van der Waals surface area contributed by atoms with Crippen LogP contribution in [0.25, 0.3) is 0 Å². The van der Waals surface area contributed by atoms with Crippen LogP contribution in [0, 0.1) is 27.7 Å². The largest absolute Gasteiger partial charge is 0.451 e. The number of esters is 1. The van der Waals surface area contributed by atoms with Gasteiger partial charge in [0.05, 0.1) is 5.56 Å². The van der Waals surface area contributed by atoms with E-state index in [1.54, 1.807) is 32.9 Å². The fourth-order valence-corrected chi connectivity index (χ4v) is 2.89. The standard InChI is InChI=1S/C19H20ClNO3/c1-10-6-7-11(2)15(8-10)17(22)14(5)24-19(23)16-12(3)9-13(4)21-18(16)20/h6-9,14H,1-5H3/t14-/m0/s1. The second-order valence-electron chi connectivity index (χ2n) is 5.98. The van der Waals surface area contributed by atoms with Gasteiger partial charge in [-0.3, -0.25) is 4.79 Å². The summed E-state index contributed by atoms with van der Waals surface area (Å²) in [5.41, 5.74) is 3.96. The van der Waals surface area contributed by atoms with Crippen molar-refractivity contribution in [3.05, 3.63) is 62.9 Å². The molecule has 0 amide bonds. The maximum atomic E-state index is 12.6. The van der Waals surface area contributed by atoms with Gasteiger partial charge in [0.2, 0.25) is 5.78 Å². The van der Waals surface area contributed by atoms with E-state index in [0.717, 1.165) is 11.1 Å². The maximum Gasteiger partial charge on any atom is 0.342 e. The molecule has 0 radical (unpaired) electrons. The quantitative estimate of drug-likeness (QED) is 0.468. The van der Waals surface area contributed by atoms with Crippen molar-refractivity contribution >= 4 is 23.4 Å². The summed E-state index contributed by atoms with van der Waals surface area (Å²) in [6.07, 6.45) is -0.908. The first-order valence-corrected chi connectivity index (χ1v) is 8.04. The number of carbonyl (C=O) groups is 2. The SMILES string of the molecule is Cc1ccc(C)c(C(=O)[C@H](C)OC(=O)c2c(C)cc(C)nc2Cl)c1. The second-order valence-corrected chi connectivity index (χ2v) is 6.33. The molecule has 0 saturated heterocycles. The normalized spacial score (nSPS) is 11.9. The van der Waals surface area contributed by atoms with Crippen LogP contribution in [0.4, 0.5) is 0 Å². The summed E-state index contributed by atoms with van der Waals surface area (Å²) in [5, 5.41) is 0.0869. The van der Waals surface area contributed by atoms with Crippen LogP contribution in [-0.2, 0) is 4.74 Å². The predicted molar refractivity (Wildman–Crippen MR) is 93.8 cm³/mol. The van der Waals surface area contributed by atoms with E-state index >= 15 is 0 Å². The van der Waals surface area contributed by atoms with Crippen LogP contribution in [0.3, 0.4) is 0 Å². The Kier molecular flexibility index (Phi) is 5.40.